The lowest BCUT2D eigenvalue weighted by molar-refractivity contribution is 0.358. The Morgan fingerprint density at radius 3 is 2.35 bits per heavy atom. The number of hydrogen-bond donors (Lipinski definition) is 0. The van der Waals surface area contributed by atoms with Crippen molar-refractivity contribution in [1.29, 1.82) is 0 Å². The summed E-state index contributed by atoms with van der Waals surface area (Å²) in [4.78, 5) is 0. The van der Waals surface area contributed by atoms with Gasteiger partial charge in [0.15, 0.2) is 11.5 Å². The zero-order chi connectivity index (χ0) is 12.4. The zero-order valence-electron chi connectivity index (χ0n) is 10.8. The van der Waals surface area contributed by atoms with Crippen molar-refractivity contribution < 1.29 is 9.47 Å². The summed E-state index contributed by atoms with van der Waals surface area (Å²) < 4.78 is 10.8. The maximum absolute atomic E-state index is 5.48. The fourth-order valence-corrected chi connectivity index (χ4v) is 2.29. The van der Waals surface area contributed by atoms with Crippen molar-refractivity contribution in [3.63, 3.8) is 0 Å². The molecule has 0 aromatic heterocycles. The van der Waals surface area contributed by atoms with Crippen molar-refractivity contribution in [3.8, 4) is 11.5 Å². The summed E-state index contributed by atoms with van der Waals surface area (Å²) >= 11 is 0. The van der Waals surface area contributed by atoms with E-state index in [9.17, 15) is 0 Å². The number of ether oxygens (including phenoxy) is 2. The molecule has 0 aliphatic carbocycles. The maximum Gasteiger partial charge on any atom is 0.168 e. The van der Waals surface area contributed by atoms with Crippen LogP contribution in [0.2, 0.25) is 0 Å². The highest BCUT2D eigenvalue weighted by molar-refractivity contribution is 5.93. The fourth-order valence-electron chi connectivity index (χ4n) is 2.29. The number of benzene rings is 2. The van der Waals surface area contributed by atoms with Crippen LogP contribution in [0.25, 0.3) is 10.8 Å². The van der Waals surface area contributed by atoms with Crippen LogP contribution < -0.4 is 9.47 Å². The number of fused-ring (bicyclic) bond motifs is 1. The molecule has 0 unspecified atom stereocenters. The van der Waals surface area contributed by atoms with Crippen molar-refractivity contribution in [2.45, 2.75) is 20.3 Å². The molecule has 17 heavy (non-hydrogen) atoms. The van der Waals surface area contributed by atoms with E-state index in [0.717, 1.165) is 23.3 Å². The Hall–Kier alpha value is -1.70. The molecule has 0 aliphatic rings. The van der Waals surface area contributed by atoms with Gasteiger partial charge in [-0.3, -0.25) is 0 Å². The number of methoxy groups -OCH3 is 2. The summed E-state index contributed by atoms with van der Waals surface area (Å²) in [5.74, 6) is 1.61. The van der Waals surface area contributed by atoms with Gasteiger partial charge in [0.1, 0.15) is 0 Å². The summed E-state index contributed by atoms with van der Waals surface area (Å²) in [6, 6.07) is 8.45. The van der Waals surface area contributed by atoms with Crippen LogP contribution in [0.15, 0.2) is 24.3 Å². The quantitative estimate of drug-likeness (QED) is 0.800. The second kappa shape index (κ2) is 4.66. The van der Waals surface area contributed by atoms with Crippen LogP contribution in [0.5, 0.6) is 11.5 Å². The van der Waals surface area contributed by atoms with Gasteiger partial charge >= 0.3 is 0 Å². The molecule has 0 aliphatic heterocycles. The van der Waals surface area contributed by atoms with Gasteiger partial charge in [0, 0.05) is 5.39 Å². The van der Waals surface area contributed by atoms with Crippen molar-refractivity contribution >= 4 is 10.8 Å². The molecule has 2 aromatic carbocycles. The average molecular weight is 230 g/mol. The summed E-state index contributed by atoms with van der Waals surface area (Å²) in [6.45, 7) is 4.28. The van der Waals surface area contributed by atoms with Crippen LogP contribution in [0, 0.1) is 6.92 Å². The zero-order valence-corrected chi connectivity index (χ0v) is 10.8. The molecule has 2 heteroatoms. The minimum atomic E-state index is 0.785. The first-order chi connectivity index (χ1) is 8.21. The van der Waals surface area contributed by atoms with Gasteiger partial charge in [-0.1, -0.05) is 24.6 Å². The molecule has 2 nitrogen and oxygen atoms in total. The van der Waals surface area contributed by atoms with Gasteiger partial charge in [-0.05, 0) is 36.4 Å². The first-order valence-corrected chi connectivity index (χ1v) is 5.85. The Kier molecular flexibility index (Phi) is 3.23. The minimum Gasteiger partial charge on any atom is -0.493 e. The Morgan fingerprint density at radius 1 is 1.00 bits per heavy atom. The molecule has 0 N–H and O–H groups in total. The van der Waals surface area contributed by atoms with Gasteiger partial charge in [0.05, 0.1) is 14.2 Å². The SMILES string of the molecule is CCc1cc(C)cc2c(OC)c(OC)ccc12. The third-order valence-corrected chi connectivity index (χ3v) is 3.08. The van der Waals surface area contributed by atoms with E-state index in [-0.39, 0.29) is 0 Å². The van der Waals surface area contributed by atoms with Gasteiger partial charge in [0.25, 0.3) is 0 Å². The summed E-state index contributed by atoms with van der Waals surface area (Å²) in [5.41, 5.74) is 2.60. The predicted molar refractivity (Wildman–Crippen MR) is 71.2 cm³/mol. The van der Waals surface area contributed by atoms with Gasteiger partial charge < -0.3 is 9.47 Å². The molecule has 0 bridgehead atoms. The van der Waals surface area contributed by atoms with Gasteiger partial charge in [-0.25, -0.2) is 0 Å². The summed E-state index contributed by atoms with van der Waals surface area (Å²) in [5, 5.41) is 2.37. The van der Waals surface area contributed by atoms with Crippen LogP contribution in [0.4, 0.5) is 0 Å². The molecule has 90 valence electrons. The van der Waals surface area contributed by atoms with E-state index in [1.165, 1.54) is 16.5 Å². The molecule has 0 fully saturated rings. The van der Waals surface area contributed by atoms with E-state index in [2.05, 4.69) is 32.0 Å². The maximum atomic E-state index is 5.48. The highest BCUT2D eigenvalue weighted by atomic mass is 16.5. The van der Waals surface area contributed by atoms with Crippen LogP contribution in [-0.2, 0) is 6.42 Å². The molecule has 0 saturated carbocycles. The molecular weight excluding hydrogens is 212 g/mol. The Balaban J connectivity index is 2.84. The first-order valence-electron chi connectivity index (χ1n) is 5.85. The van der Waals surface area contributed by atoms with Crippen molar-refractivity contribution in [1.82, 2.24) is 0 Å². The van der Waals surface area contributed by atoms with Gasteiger partial charge in [-0.2, -0.15) is 0 Å². The van der Waals surface area contributed by atoms with Crippen LogP contribution in [0.3, 0.4) is 0 Å². The molecule has 0 atom stereocenters. The summed E-state index contributed by atoms with van der Waals surface area (Å²) in [7, 11) is 3.35. The average Bonchev–Trinajstić information content (AvgIpc) is 2.36. The molecule has 0 radical (unpaired) electrons. The predicted octanol–water partition coefficient (Wildman–Crippen LogP) is 3.73. The van der Waals surface area contributed by atoms with Crippen molar-refractivity contribution in [2.24, 2.45) is 0 Å². The Bertz CT molecular complexity index is 544. The number of aryl methyl sites for hydroxylation is 2. The van der Waals surface area contributed by atoms with Crippen molar-refractivity contribution in [2.75, 3.05) is 14.2 Å². The minimum absolute atomic E-state index is 0.785. The van der Waals surface area contributed by atoms with Gasteiger partial charge in [0.2, 0.25) is 0 Å². The van der Waals surface area contributed by atoms with Gasteiger partial charge in [-0.15, -0.1) is 0 Å². The molecule has 0 saturated heterocycles. The highest BCUT2D eigenvalue weighted by Gasteiger charge is 2.11. The van der Waals surface area contributed by atoms with Crippen LogP contribution in [0.1, 0.15) is 18.1 Å². The monoisotopic (exact) mass is 230 g/mol. The van der Waals surface area contributed by atoms with E-state index in [1.807, 2.05) is 6.07 Å². The second-order valence-electron chi connectivity index (χ2n) is 4.17. The highest BCUT2D eigenvalue weighted by Crippen LogP contribution is 2.37. The van der Waals surface area contributed by atoms with Crippen LogP contribution in [-0.4, -0.2) is 14.2 Å². The second-order valence-corrected chi connectivity index (χ2v) is 4.17. The third-order valence-electron chi connectivity index (χ3n) is 3.08. The summed E-state index contributed by atoms with van der Waals surface area (Å²) in [6.07, 6.45) is 1.02. The number of rotatable bonds is 3. The molecular formula is C15H18O2. The fraction of sp³-hybridized carbons (Fsp3) is 0.333. The van der Waals surface area contributed by atoms with E-state index >= 15 is 0 Å². The standard InChI is InChI=1S/C15H18O2/c1-5-11-8-10(2)9-13-12(11)6-7-14(16-3)15(13)17-4/h6-9H,5H2,1-4H3. The Morgan fingerprint density at radius 2 is 1.76 bits per heavy atom. The molecule has 0 spiro atoms. The first kappa shape index (κ1) is 11.8. The van der Waals surface area contributed by atoms with Crippen LogP contribution >= 0.6 is 0 Å². The normalized spacial score (nSPS) is 10.6. The van der Waals surface area contributed by atoms with E-state index < -0.39 is 0 Å². The third kappa shape index (κ3) is 1.95. The topological polar surface area (TPSA) is 18.5 Å². The molecule has 2 rings (SSSR count). The lowest BCUT2D eigenvalue weighted by Gasteiger charge is -2.13. The lowest BCUT2D eigenvalue weighted by Crippen LogP contribution is -1.94. The number of hydrogen-bond acceptors (Lipinski definition) is 2. The Labute approximate surface area is 102 Å². The molecule has 2 aromatic rings. The molecule has 0 amide bonds. The van der Waals surface area contributed by atoms with E-state index in [1.54, 1.807) is 14.2 Å². The van der Waals surface area contributed by atoms with E-state index in [4.69, 9.17) is 9.47 Å². The largest absolute Gasteiger partial charge is 0.493 e. The smallest absolute Gasteiger partial charge is 0.168 e. The molecule has 0 heterocycles. The van der Waals surface area contributed by atoms with E-state index in [0.29, 0.717) is 0 Å². The van der Waals surface area contributed by atoms with Crippen molar-refractivity contribution in [3.05, 3.63) is 35.4 Å². The lowest BCUT2D eigenvalue weighted by atomic mass is 9.99.